The van der Waals surface area contributed by atoms with Gasteiger partial charge in [-0.15, -0.1) is 22.9 Å². The number of hydrogen-bond acceptors (Lipinski definition) is 6. The van der Waals surface area contributed by atoms with Crippen molar-refractivity contribution in [2.75, 3.05) is 22.6 Å². The predicted octanol–water partition coefficient (Wildman–Crippen LogP) is 7.64. The molecule has 0 saturated carbocycles. The molecule has 0 fully saturated rings. The number of phenols is 1. The largest absolute Gasteiger partial charge is 0.504 e. The van der Waals surface area contributed by atoms with Crippen LogP contribution in [0.25, 0.3) is 32.0 Å². The molecule has 0 spiro atoms. The Kier molecular flexibility index (Phi) is 5.43. The summed E-state index contributed by atoms with van der Waals surface area (Å²) in [5.74, 6) is -0.224. The van der Waals surface area contributed by atoms with Gasteiger partial charge in [0, 0.05) is 45.6 Å². The molecule has 0 aliphatic carbocycles. The van der Waals surface area contributed by atoms with Crippen molar-refractivity contribution in [3.63, 3.8) is 0 Å². The van der Waals surface area contributed by atoms with Crippen molar-refractivity contribution in [2.45, 2.75) is 12.8 Å². The van der Waals surface area contributed by atoms with Crippen LogP contribution >= 0.6 is 22.9 Å². The van der Waals surface area contributed by atoms with E-state index in [-0.39, 0.29) is 29.2 Å². The number of anilines is 2. The number of thiophene rings is 1. The van der Waals surface area contributed by atoms with Gasteiger partial charge in [-0.25, -0.2) is 0 Å². The molecule has 7 rings (SSSR count). The zero-order valence-electron chi connectivity index (χ0n) is 20.7. The molecule has 2 N–H and O–H groups in total. The first kappa shape index (κ1) is 23.8. The molecule has 1 aliphatic rings. The lowest BCUT2D eigenvalue weighted by Gasteiger charge is -2.16. The molecule has 4 heterocycles. The highest BCUT2D eigenvalue weighted by atomic mass is 35.5. The average Bonchev–Trinajstić information content (AvgIpc) is 3.71. The lowest BCUT2D eigenvalue weighted by atomic mass is 9.97. The Hall–Kier alpha value is -4.27. The topological polar surface area (TPSA) is 95.9 Å². The summed E-state index contributed by atoms with van der Waals surface area (Å²) < 4.78 is 12.5. The maximum absolute atomic E-state index is 13.7. The van der Waals surface area contributed by atoms with Gasteiger partial charge >= 0.3 is 0 Å². The Bertz CT molecular complexity index is 1920. The molecule has 2 amide bonds. The Morgan fingerprint density at radius 1 is 1.13 bits per heavy atom. The minimum Gasteiger partial charge on any atom is -0.504 e. The second kappa shape index (κ2) is 8.90. The third-order valence-corrected chi connectivity index (χ3v) is 8.68. The van der Waals surface area contributed by atoms with E-state index >= 15 is 0 Å². The van der Waals surface area contributed by atoms with Crippen molar-refractivity contribution >= 4 is 78.2 Å². The fourth-order valence-electron chi connectivity index (χ4n) is 5.38. The van der Waals surface area contributed by atoms with E-state index in [0.717, 1.165) is 26.6 Å². The third-order valence-electron chi connectivity index (χ3n) is 7.19. The summed E-state index contributed by atoms with van der Waals surface area (Å²) >= 11 is 7.75. The second-order valence-electron chi connectivity index (χ2n) is 9.68. The number of nitrogens with zero attached hydrogens (tertiary/aromatic N) is 1. The molecule has 7 nitrogen and oxygen atoms in total. The van der Waals surface area contributed by atoms with E-state index in [0.29, 0.717) is 45.2 Å². The van der Waals surface area contributed by atoms with Gasteiger partial charge in [0.1, 0.15) is 5.58 Å². The summed E-state index contributed by atoms with van der Waals surface area (Å²) in [5, 5.41) is 16.0. The molecule has 0 saturated heterocycles. The number of carbonyl (C=O) groups is 2. The summed E-state index contributed by atoms with van der Waals surface area (Å²) in [5.41, 5.74) is 3.87. The van der Waals surface area contributed by atoms with Gasteiger partial charge in [-0.05, 0) is 59.8 Å². The lowest BCUT2D eigenvalue weighted by molar-refractivity contribution is 0.0963. The van der Waals surface area contributed by atoms with E-state index in [4.69, 9.17) is 20.4 Å². The van der Waals surface area contributed by atoms with Crippen molar-refractivity contribution in [3.05, 3.63) is 88.7 Å². The second-order valence-corrected chi connectivity index (χ2v) is 11.1. The van der Waals surface area contributed by atoms with Gasteiger partial charge in [0.05, 0.1) is 16.8 Å². The summed E-state index contributed by atoms with van der Waals surface area (Å²) in [4.78, 5) is 28.8. The van der Waals surface area contributed by atoms with Crippen LogP contribution in [0.15, 0.2) is 75.8 Å². The number of benzene rings is 3. The van der Waals surface area contributed by atoms with Crippen molar-refractivity contribution in [2.24, 2.45) is 0 Å². The highest BCUT2D eigenvalue weighted by molar-refractivity contribution is 7.20. The minimum absolute atomic E-state index is 0.0338. The molecule has 9 heteroatoms. The van der Waals surface area contributed by atoms with E-state index in [2.05, 4.69) is 5.32 Å². The fourth-order valence-corrected chi connectivity index (χ4v) is 6.59. The first-order chi connectivity index (χ1) is 18.9. The van der Waals surface area contributed by atoms with Crippen LogP contribution in [-0.2, 0) is 0 Å². The number of alkyl halides is 1. The molecule has 0 unspecified atom stereocenters. The number of aryl methyl sites for hydroxylation is 1. The van der Waals surface area contributed by atoms with Gasteiger partial charge < -0.3 is 24.2 Å². The molecule has 0 radical (unpaired) electrons. The Morgan fingerprint density at radius 3 is 2.79 bits per heavy atom. The number of nitrogens with one attached hydrogen (secondary N) is 1. The number of rotatable bonds is 4. The standard InChI is InChI=1S/C30H21ClN2O5S/c1-15-14-37-28-21(34)11-20-27(26(15)28)18(12-31)13-33(20)30(36)23-9-17-8-19(6-7-22(17)38-23)32-29(35)25-10-16-4-2-3-5-24(16)39-25/h2-11,14,18,34H,12-13H2,1H3,(H,32,35)/t18-/m1/s1. The third kappa shape index (κ3) is 3.78. The van der Waals surface area contributed by atoms with E-state index in [1.807, 2.05) is 37.3 Å². The van der Waals surface area contributed by atoms with Crippen LogP contribution in [0.1, 0.15) is 37.3 Å². The first-order valence-corrected chi connectivity index (χ1v) is 13.7. The van der Waals surface area contributed by atoms with Gasteiger partial charge in [-0.1, -0.05) is 18.2 Å². The smallest absolute Gasteiger partial charge is 0.294 e. The Balaban J connectivity index is 1.19. The molecule has 6 aromatic rings. The zero-order valence-corrected chi connectivity index (χ0v) is 22.2. The first-order valence-electron chi connectivity index (χ1n) is 12.4. The van der Waals surface area contributed by atoms with E-state index in [1.54, 1.807) is 41.5 Å². The van der Waals surface area contributed by atoms with E-state index < -0.39 is 0 Å². The van der Waals surface area contributed by atoms with Gasteiger partial charge in [0.2, 0.25) is 0 Å². The maximum atomic E-state index is 13.7. The van der Waals surface area contributed by atoms with Crippen LogP contribution in [0.5, 0.6) is 5.75 Å². The number of aromatic hydroxyl groups is 1. The summed E-state index contributed by atoms with van der Waals surface area (Å²) in [7, 11) is 0. The van der Waals surface area contributed by atoms with Crippen molar-refractivity contribution < 1.29 is 23.5 Å². The van der Waals surface area contributed by atoms with Crippen molar-refractivity contribution in [1.82, 2.24) is 0 Å². The Labute approximate surface area is 231 Å². The van der Waals surface area contributed by atoms with Gasteiger partial charge in [0.25, 0.3) is 11.8 Å². The predicted molar refractivity (Wildman–Crippen MR) is 154 cm³/mol. The van der Waals surface area contributed by atoms with Crippen LogP contribution in [0, 0.1) is 6.92 Å². The molecule has 3 aromatic heterocycles. The molecule has 0 bridgehead atoms. The Morgan fingerprint density at radius 2 is 1.97 bits per heavy atom. The molecule has 194 valence electrons. The van der Waals surface area contributed by atoms with Crippen molar-refractivity contribution in [3.8, 4) is 5.75 Å². The summed E-state index contributed by atoms with van der Waals surface area (Å²) in [6.45, 7) is 2.26. The molecule has 1 atom stereocenters. The highest BCUT2D eigenvalue weighted by Gasteiger charge is 2.37. The van der Waals surface area contributed by atoms with E-state index in [9.17, 15) is 14.7 Å². The van der Waals surface area contributed by atoms with Crippen LogP contribution < -0.4 is 10.2 Å². The molecular weight excluding hydrogens is 536 g/mol. The molecule has 39 heavy (non-hydrogen) atoms. The number of furan rings is 2. The van der Waals surface area contributed by atoms with Crippen LogP contribution in [0.4, 0.5) is 11.4 Å². The lowest BCUT2D eigenvalue weighted by Crippen LogP contribution is -2.29. The van der Waals surface area contributed by atoms with Crippen LogP contribution in [0.3, 0.4) is 0 Å². The minimum atomic E-state index is -0.337. The summed E-state index contributed by atoms with van der Waals surface area (Å²) in [6, 6.07) is 18.2. The van der Waals surface area contributed by atoms with E-state index in [1.165, 1.54) is 11.3 Å². The highest BCUT2D eigenvalue weighted by Crippen LogP contribution is 2.47. The average molecular weight is 557 g/mol. The normalized spacial score (nSPS) is 14.9. The van der Waals surface area contributed by atoms with Crippen LogP contribution in [-0.4, -0.2) is 29.3 Å². The SMILES string of the molecule is Cc1coc2c(O)cc3c(c12)[C@H](CCl)CN3C(=O)c1cc2cc(NC(=O)c3cc4ccccc4s3)ccc2o1. The molecular formula is C30H21ClN2O5S. The van der Waals surface area contributed by atoms with Gasteiger partial charge in [-0.2, -0.15) is 0 Å². The number of amides is 2. The number of phenolic OH excluding ortho intramolecular Hbond substituents is 1. The number of fused-ring (bicyclic) bond motifs is 5. The van der Waals surface area contributed by atoms with Crippen molar-refractivity contribution in [1.29, 1.82) is 0 Å². The van der Waals surface area contributed by atoms with Gasteiger partial charge in [0.15, 0.2) is 17.1 Å². The number of carbonyl (C=O) groups excluding carboxylic acids is 2. The number of hydrogen-bond donors (Lipinski definition) is 2. The molecule has 3 aromatic carbocycles. The quantitative estimate of drug-likeness (QED) is 0.217. The maximum Gasteiger partial charge on any atom is 0.294 e. The fraction of sp³-hybridized carbons (Fsp3) is 0.133. The van der Waals surface area contributed by atoms with Gasteiger partial charge in [-0.3, -0.25) is 9.59 Å². The monoisotopic (exact) mass is 556 g/mol. The molecule has 1 aliphatic heterocycles. The summed E-state index contributed by atoms with van der Waals surface area (Å²) in [6.07, 6.45) is 1.59. The zero-order chi connectivity index (χ0) is 26.8. The number of halogens is 1. The van der Waals surface area contributed by atoms with Crippen LogP contribution in [0.2, 0.25) is 0 Å².